The molecule has 13 N–H and O–H groups in total. The van der Waals surface area contributed by atoms with Gasteiger partial charge in [-0.25, -0.2) is 11.8 Å². The van der Waals surface area contributed by atoms with E-state index in [-0.39, 0.29) is 112 Å². The molecule has 36 heteroatoms. The zero-order chi connectivity index (χ0) is 70.8. The summed E-state index contributed by atoms with van der Waals surface area (Å²) < 4.78 is 70.5. The molecule has 0 radical (unpaired) electrons. The number of nitrogens with one attached hydrogen (secondary N) is 9. The van der Waals surface area contributed by atoms with Crippen molar-refractivity contribution in [2.24, 2.45) is 11.8 Å². The first kappa shape index (κ1) is 91.5. The molecule has 9 amide bonds. The van der Waals surface area contributed by atoms with E-state index in [4.69, 9.17) is 73.4 Å². The summed E-state index contributed by atoms with van der Waals surface area (Å²) in [5, 5.41) is 24.7. The van der Waals surface area contributed by atoms with Gasteiger partial charge in [-0.2, -0.15) is 0 Å². The van der Waals surface area contributed by atoms with Gasteiger partial charge in [-0.15, -0.1) is 0 Å². The fraction of sp³-hybridized carbons (Fsp3) is 0.852. The van der Waals surface area contributed by atoms with Crippen LogP contribution in [0.4, 0.5) is 0 Å². The molecule has 0 aliphatic heterocycles. The van der Waals surface area contributed by atoms with Gasteiger partial charge in [-0.3, -0.25) is 48.1 Å². The second kappa shape index (κ2) is 73.2. The molecule has 97 heavy (non-hydrogen) atoms. The Labute approximate surface area is 571 Å². The number of carbonyl (C=O) groups is 9. The van der Waals surface area contributed by atoms with Crippen LogP contribution in [0.25, 0.3) is 0 Å². The zero-order valence-corrected chi connectivity index (χ0v) is 57.5. The van der Waals surface area contributed by atoms with Gasteiger partial charge in [-0.1, -0.05) is 0 Å². The fourth-order valence-electron chi connectivity index (χ4n) is 7.67. The lowest BCUT2D eigenvalue weighted by Gasteiger charge is -2.21. The van der Waals surface area contributed by atoms with E-state index in [1.807, 2.05) is 0 Å². The monoisotopic (exact) mass is 1400 g/mol. The van der Waals surface area contributed by atoms with Gasteiger partial charge in [0, 0.05) is 112 Å². The van der Waals surface area contributed by atoms with Crippen LogP contribution in [0.15, 0.2) is 0 Å². The Bertz CT molecular complexity index is 1740. The SMILES string of the molecule is COCCCCNC(=O)COCC(=O)NCCCOCCOCCOCCCNC(=O)CN(CC(=O)NCCCOCCOCCOCCCNC(=O)COCC(=O)NCCCCON)CC(=O)NCCCOCCOCCOCCCNC(=O)COCC(=O)NCCCCON. The molecular weight excluding hydrogens is 1280 g/mol. The molecule has 0 aliphatic carbocycles. The Kier molecular flexibility index (Phi) is 69.1. The average Bonchev–Trinajstić information content (AvgIpc) is 2.63. The normalized spacial score (nSPS) is 11.1. The summed E-state index contributed by atoms with van der Waals surface area (Å²) in [5.41, 5.74) is 0. The predicted molar refractivity (Wildman–Crippen MR) is 351 cm³/mol. The van der Waals surface area contributed by atoms with E-state index >= 15 is 0 Å². The second-order valence-corrected chi connectivity index (χ2v) is 21.3. The molecule has 0 aromatic heterocycles. The van der Waals surface area contributed by atoms with Crippen LogP contribution in [0, 0.1) is 0 Å². The maximum absolute atomic E-state index is 13.0. The van der Waals surface area contributed by atoms with Crippen molar-refractivity contribution >= 4 is 53.2 Å². The van der Waals surface area contributed by atoms with Crippen molar-refractivity contribution in [2.45, 2.75) is 77.0 Å². The van der Waals surface area contributed by atoms with Crippen LogP contribution in [0.5, 0.6) is 0 Å². The van der Waals surface area contributed by atoms with Gasteiger partial charge in [0.2, 0.25) is 53.2 Å². The molecule has 0 atom stereocenters. The highest BCUT2D eigenvalue weighted by Crippen LogP contribution is 1.96. The largest absolute Gasteiger partial charge is 0.385 e. The van der Waals surface area contributed by atoms with Crippen molar-refractivity contribution in [3.8, 4) is 0 Å². The first-order valence-electron chi connectivity index (χ1n) is 33.6. The smallest absolute Gasteiger partial charge is 0.246 e. The summed E-state index contributed by atoms with van der Waals surface area (Å²) >= 11 is 0. The maximum atomic E-state index is 13.0. The highest BCUT2D eigenvalue weighted by Gasteiger charge is 2.18. The van der Waals surface area contributed by atoms with E-state index in [0.29, 0.717) is 249 Å². The number of carbonyl (C=O) groups excluding carboxylic acids is 9. The molecule has 0 saturated heterocycles. The van der Waals surface area contributed by atoms with Crippen LogP contribution in [-0.2, 0) is 114 Å². The highest BCUT2D eigenvalue weighted by atomic mass is 16.6. The third-order valence-electron chi connectivity index (χ3n) is 12.6. The molecule has 0 aliphatic rings. The summed E-state index contributed by atoms with van der Waals surface area (Å²) in [5.74, 6) is 6.92. The van der Waals surface area contributed by atoms with Crippen LogP contribution < -0.4 is 59.6 Å². The minimum Gasteiger partial charge on any atom is -0.385 e. The molecule has 0 saturated carbocycles. The fourth-order valence-corrected chi connectivity index (χ4v) is 7.67. The van der Waals surface area contributed by atoms with Gasteiger partial charge in [0.25, 0.3) is 0 Å². The molecular formula is C61H118N12O24. The lowest BCUT2D eigenvalue weighted by atomic mass is 10.3. The number of hydrogen-bond donors (Lipinski definition) is 11. The molecule has 0 rings (SSSR count). The van der Waals surface area contributed by atoms with Crippen molar-refractivity contribution in [1.82, 2.24) is 52.8 Å². The number of unbranched alkanes of at least 4 members (excludes halogenated alkanes) is 3. The van der Waals surface area contributed by atoms with E-state index in [1.165, 1.54) is 4.90 Å². The minimum absolute atomic E-state index is 0.190. The van der Waals surface area contributed by atoms with E-state index in [2.05, 4.69) is 57.5 Å². The van der Waals surface area contributed by atoms with Crippen molar-refractivity contribution in [2.75, 3.05) is 264 Å². The van der Waals surface area contributed by atoms with Gasteiger partial charge >= 0.3 is 0 Å². The Morgan fingerprint density at radius 2 is 0.412 bits per heavy atom. The number of rotatable bonds is 75. The van der Waals surface area contributed by atoms with Gasteiger partial charge in [0.15, 0.2) is 0 Å². The minimum atomic E-state index is -0.372. The molecule has 0 spiro atoms. The Hall–Kier alpha value is -5.49. The average molecular weight is 1400 g/mol. The van der Waals surface area contributed by atoms with Crippen molar-refractivity contribution in [3.05, 3.63) is 0 Å². The third-order valence-corrected chi connectivity index (χ3v) is 12.6. The van der Waals surface area contributed by atoms with Crippen LogP contribution in [0.1, 0.15) is 77.0 Å². The van der Waals surface area contributed by atoms with Gasteiger partial charge in [0.1, 0.15) is 39.6 Å². The third kappa shape index (κ3) is 71.6. The molecule has 0 aromatic carbocycles. The quantitative estimate of drug-likeness (QED) is 0.0202. The summed E-state index contributed by atoms with van der Waals surface area (Å²) in [7, 11) is 1.62. The van der Waals surface area contributed by atoms with E-state index in [1.54, 1.807) is 7.11 Å². The summed E-state index contributed by atoms with van der Waals surface area (Å²) in [4.78, 5) is 120. The van der Waals surface area contributed by atoms with Crippen molar-refractivity contribution in [3.63, 3.8) is 0 Å². The standard InChI is InChI=1S/C61H118N12O24/c1-83-23-5-2-14-67-56(77)47-93-50-59(80)70-20-11-27-87-35-41-90-38-32-84-24-8-17-64-53(74)44-73(45-54(75)65-18-9-25-85-33-39-91-42-36-88-28-12-21-71-60(81)51-94-48-57(78)68-15-3-6-30-96-62)46-55(76)66-19-10-26-86-34-40-92-43-37-89-29-13-22-72-61(82)52-95-49-58(79)69-16-4-7-31-97-63/h2-52,62-63H2,1H3,(H,64,74)(H,65,75)(H,66,76)(H,67,77)(H,68,78)(H,69,79)(H,70,80)(H,71,81)(H,72,82). The predicted octanol–water partition coefficient (Wildman–Crippen LogP) is -4.36. The van der Waals surface area contributed by atoms with Crippen LogP contribution in [0.3, 0.4) is 0 Å². The molecule has 36 nitrogen and oxygen atoms in total. The van der Waals surface area contributed by atoms with Crippen molar-refractivity contribution in [1.29, 1.82) is 0 Å². The van der Waals surface area contributed by atoms with E-state index < -0.39 is 0 Å². The first-order chi connectivity index (χ1) is 47.4. The summed E-state index contributed by atoms with van der Waals surface area (Å²) in [6.45, 7) is 9.58. The Morgan fingerprint density at radius 3 is 0.619 bits per heavy atom. The van der Waals surface area contributed by atoms with Crippen LogP contribution in [-0.4, -0.2) is 322 Å². The number of amides is 9. The number of hydrogen-bond acceptors (Lipinski definition) is 27. The lowest BCUT2D eigenvalue weighted by molar-refractivity contribution is -0.132. The number of nitrogens with zero attached hydrogens (tertiary/aromatic N) is 1. The topological polar surface area (TPSA) is 456 Å². The lowest BCUT2D eigenvalue weighted by Crippen LogP contribution is -2.47. The van der Waals surface area contributed by atoms with Gasteiger partial charge < -0.3 is 119 Å². The molecule has 0 aromatic rings. The maximum Gasteiger partial charge on any atom is 0.246 e. The van der Waals surface area contributed by atoms with E-state index in [9.17, 15) is 43.2 Å². The van der Waals surface area contributed by atoms with Crippen molar-refractivity contribution < 1.29 is 114 Å². The zero-order valence-electron chi connectivity index (χ0n) is 57.5. The summed E-state index contributed by atoms with van der Waals surface area (Å²) in [6, 6.07) is 0. The molecule has 0 fully saturated rings. The molecule has 0 unspecified atom stereocenters. The number of ether oxygens (including phenoxy) is 13. The number of nitrogens with two attached hydrogens (primary N) is 2. The summed E-state index contributed by atoms with van der Waals surface area (Å²) in [6.07, 6.45) is 7.80. The Morgan fingerprint density at radius 1 is 0.227 bits per heavy atom. The molecule has 0 heterocycles. The highest BCUT2D eigenvalue weighted by molar-refractivity contribution is 5.84. The second-order valence-electron chi connectivity index (χ2n) is 21.3. The Balaban J connectivity index is 4.42. The number of methoxy groups -OCH3 is 1. The van der Waals surface area contributed by atoms with Gasteiger partial charge in [-0.05, 0) is 77.0 Å². The molecule has 0 bridgehead atoms. The van der Waals surface area contributed by atoms with Crippen LogP contribution >= 0.6 is 0 Å². The van der Waals surface area contributed by atoms with Gasteiger partial charge in [0.05, 0.1) is 112 Å². The van der Waals surface area contributed by atoms with Crippen LogP contribution in [0.2, 0.25) is 0 Å². The molecule has 566 valence electrons. The van der Waals surface area contributed by atoms with E-state index in [0.717, 1.165) is 25.7 Å². The first-order valence-corrected chi connectivity index (χ1v) is 33.6.